The van der Waals surface area contributed by atoms with Gasteiger partial charge in [-0.15, -0.1) is 0 Å². The Morgan fingerprint density at radius 3 is 2.58 bits per heavy atom. The molecule has 0 aliphatic carbocycles. The quantitative estimate of drug-likeness (QED) is 0.604. The molecular formula is C12H16ClN2OPS2. The normalized spacial score (nSPS) is 26.1. The van der Waals surface area contributed by atoms with Crippen LogP contribution in [0.4, 0.5) is 0 Å². The van der Waals surface area contributed by atoms with Gasteiger partial charge in [0.1, 0.15) is 5.75 Å². The van der Waals surface area contributed by atoms with Gasteiger partial charge in [0.2, 0.25) is 0 Å². The van der Waals surface area contributed by atoms with Gasteiger partial charge in [-0.3, -0.25) is 0 Å². The van der Waals surface area contributed by atoms with Gasteiger partial charge >= 0.3 is 0 Å². The van der Waals surface area contributed by atoms with Crippen molar-refractivity contribution in [3.8, 4) is 5.75 Å². The summed E-state index contributed by atoms with van der Waals surface area (Å²) in [7, 11) is 0. The lowest BCUT2D eigenvalue weighted by molar-refractivity contribution is 0.475. The molecule has 1 heterocycles. The van der Waals surface area contributed by atoms with Crippen molar-refractivity contribution >= 4 is 46.8 Å². The van der Waals surface area contributed by atoms with E-state index < -0.39 is 6.42 Å². The molecule has 0 N–H and O–H groups in total. The summed E-state index contributed by atoms with van der Waals surface area (Å²) in [5, 5.41) is 0.907. The number of hydrogen-bond donors (Lipinski definition) is 0. The molecular weight excluding hydrogens is 319 g/mol. The number of benzene rings is 1. The molecule has 1 aliphatic heterocycles. The summed E-state index contributed by atoms with van der Waals surface area (Å²) in [5.41, 5.74) is 0. The number of rotatable bonds is 4. The van der Waals surface area contributed by atoms with Crippen LogP contribution < -0.4 is 4.52 Å². The van der Waals surface area contributed by atoms with E-state index in [0.717, 1.165) is 24.0 Å². The van der Waals surface area contributed by atoms with Gasteiger partial charge in [0.25, 0.3) is 6.42 Å². The summed E-state index contributed by atoms with van der Waals surface area (Å²) in [5.74, 6) is 0.738. The number of halogens is 1. The van der Waals surface area contributed by atoms with Crippen LogP contribution in [0.5, 0.6) is 5.75 Å². The van der Waals surface area contributed by atoms with Gasteiger partial charge in [0.05, 0.1) is 0 Å². The Kier molecular flexibility index (Phi) is 5.18. The third-order valence-electron chi connectivity index (χ3n) is 2.70. The number of para-hydroxylation sites is 1. The van der Waals surface area contributed by atoms with E-state index in [-0.39, 0.29) is 4.45 Å². The second kappa shape index (κ2) is 6.49. The Morgan fingerprint density at radius 2 is 2.00 bits per heavy atom. The predicted octanol–water partition coefficient (Wildman–Crippen LogP) is 4.34. The standard InChI is InChI=1S/C12H16ClN2OPS2/c1-3-15(4-2)12-14-17(18,11(13)19-12)16-10-8-6-5-7-9-10/h5-9,11H,3-4H2,1-2H3. The van der Waals surface area contributed by atoms with E-state index in [1.54, 1.807) is 0 Å². The van der Waals surface area contributed by atoms with Crippen molar-refractivity contribution in [1.29, 1.82) is 0 Å². The number of hydrogen-bond acceptors (Lipinski definition) is 4. The van der Waals surface area contributed by atoms with Gasteiger partial charge in [0.15, 0.2) is 9.62 Å². The first-order chi connectivity index (χ1) is 9.09. The number of alkyl halides is 1. The van der Waals surface area contributed by atoms with Crippen molar-refractivity contribution < 1.29 is 4.52 Å². The average Bonchev–Trinajstić information content (AvgIpc) is 2.68. The number of amidine groups is 1. The lowest BCUT2D eigenvalue weighted by Gasteiger charge is -2.18. The minimum atomic E-state index is -2.41. The van der Waals surface area contributed by atoms with Crippen molar-refractivity contribution in [2.75, 3.05) is 13.1 Å². The van der Waals surface area contributed by atoms with Crippen LogP contribution in [0, 0.1) is 0 Å². The second-order valence-electron chi connectivity index (χ2n) is 3.93. The SMILES string of the molecule is CCN(CC)C1=NP(=S)(Oc2ccccc2)C(Cl)S1. The van der Waals surface area contributed by atoms with Crippen molar-refractivity contribution in [3.05, 3.63) is 30.3 Å². The highest BCUT2D eigenvalue weighted by Gasteiger charge is 2.39. The highest BCUT2D eigenvalue weighted by Crippen LogP contribution is 2.64. The Balaban J connectivity index is 2.21. The summed E-state index contributed by atoms with van der Waals surface area (Å²) in [6.45, 7) is 5.98. The fourth-order valence-electron chi connectivity index (χ4n) is 1.67. The molecule has 1 aliphatic rings. The smallest absolute Gasteiger partial charge is 0.253 e. The van der Waals surface area contributed by atoms with Crippen molar-refractivity contribution in [2.45, 2.75) is 18.3 Å². The fourth-order valence-corrected chi connectivity index (χ4v) is 6.41. The lowest BCUT2D eigenvalue weighted by Crippen LogP contribution is -2.27. The minimum Gasteiger partial charge on any atom is -0.445 e. The fraction of sp³-hybridized carbons (Fsp3) is 0.417. The Hall–Kier alpha value is -0.220. The van der Waals surface area contributed by atoms with Gasteiger partial charge in [-0.1, -0.05) is 41.6 Å². The lowest BCUT2D eigenvalue weighted by atomic mass is 10.3. The molecule has 2 rings (SSSR count). The van der Waals surface area contributed by atoms with Crippen LogP contribution in [0.1, 0.15) is 13.8 Å². The second-order valence-corrected chi connectivity index (χ2v) is 9.95. The molecule has 0 aromatic heterocycles. The van der Waals surface area contributed by atoms with Gasteiger partial charge in [0, 0.05) is 13.1 Å². The number of nitrogens with zero attached hydrogens (tertiary/aromatic N) is 2. The summed E-state index contributed by atoms with van der Waals surface area (Å²) in [6.07, 6.45) is -2.41. The zero-order valence-electron chi connectivity index (χ0n) is 10.8. The molecule has 3 nitrogen and oxygen atoms in total. The van der Waals surface area contributed by atoms with Crippen LogP contribution in [-0.4, -0.2) is 27.6 Å². The first kappa shape index (κ1) is 15.2. The summed E-state index contributed by atoms with van der Waals surface area (Å²) < 4.78 is 10.2. The van der Waals surface area contributed by atoms with Crippen molar-refractivity contribution in [1.82, 2.24) is 4.90 Å². The monoisotopic (exact) mass is 334 g/mol. The van der Waals surface area contributed by atoms with Crippen LogP contribution in [0.3, 0.4) is 0 Å². The minimum absolute atomic E-state index is 0.293. The van der Waals surface area contributed by atoms with Crippen LogP contribution >= 0.6 is 29.8 Å². The third-order valence-corrected chi connectivity index (χ3v) is 9.12. The Bertz CT molecular complexity index is 508. The first-order valence-corrected chi connectivity index (χ1v) is 10.1. The van der Waals surface area contributed by atoms with Crippen LogP contribution in [-0.2, 0) is 11.8 Å². The van der Waals surface area contributed by atoms with Gasteiger partial charge in [-0.05, 0) is 37.8 Å². The van der Waals surface area contributed by atoms with Crippen LogP contribution in [0.15, 0.2) is 35.1 Å². The van der Waals surface area contributed by atoms with E-state index in [0.29, 0.717) is 0 Å². The molecule has 19 heavy (non-hydrogen) atoms. The molecule has 1 aromatic rings. The number of thioether (sulfide) groups is 1. The van der Waals surface area contributed by atoms with Crippen molar-refractivity contribution in [3.63, 3.8) is 0 Å². The molecule has 0 amide bonds. The zero-order chi connectivity index (χ0) is 13.9. The predicted molar refractivity (Wildman–Crippen MR) is 88.9 cm³/mol. The molecule has 0 saturated carbocycles. The molecule has 7 heteroatoms. The van der Waals surface area contributed by atoms with E-state index in [2.05, 4.69) is 23.5 Å². The average molecular weight is 335 g/mol. The van der Waals surface area contributed by atoms with E-state index in [4.69, 9.17) is 27.9 Å². The van der Waals surface area contributed by atoms with E-state index in [1.807, 2.05) is 30.3 Å². The summed E-state index contributed by atoms with van der Waals surface area (Å²) in [6, 6.07) is 9.53. The summed E-state index contributed by atoms with van der Waals surface area (Å²) in [4.78, 5) is 2.16. The van der Waals surface area contributed by atoms with Gasteiger partial charge in [-0.25, -0.2) is 0 Å². The van der Waals surface area contributed by atoms with Gasteiger partial charge < -0.3 is 9.42 Å². The highest BCUT2D eigenvalue weighted by atomic mass is 35.5. The molecule has 1 aromatic carbocycles. The molecule has 2 unspecified atom stereocenters. The largest absolute Gasteiger partial charge is 0.445 e. The zero-order valence-corrected chi connectivity index (χ0v) is 14.1. The summed E-state index contributed by atoms with van der Waals surface area (Å²) >= 11 is 13.5. The molecule has 2 atom stereocenters. The maximum atomic E-state index is 6.36. The maximum absolute atomic E-state index is 6.36. The molecule has 0 bridgehead atoms. The van der Waals surface area contributed by atoms with Crippen molar-refractivity contribution in [2.24, 2.45) is 4.76 Å². The van der Waals surface area contributed by atoms with E-state index in [1.165, 1.54) is 11.8 Å². The van der Waals surface area contributed by atoms with E-state index >= 15 is 0 Å². The topological polar surface area (TPSA) is 24.8 Å². The third kappa shape index (κ3) is 3.46. The molecule has 0 fully saturated rings. The maximum Gasteiger partial charge on any atom is 0.253 e. The molecule has 0 saturated heterocycles. The van der Waals surface area contributed by atoms with Crippen LogP contribution in [0.2, 0.25) is 0 Å². The first-order valence-electron chi connectivity index (χ1n) is 6.09. The van der Waals surface area contributed by atoms with Crippen LogP contribution in [0.25, 0.3) is 0 Å². The van der Waals surface area contributed by atoms with E-state index in [9.17, 15) is 0 Å². The Labute approximate surface area is 128 Å². The highest BCUT2D eigenvalue weighted by molar-refractivity contribution is 8.29. The Morgan fingerprint density at radius 1 is 1.37 bits per heavy atom. The molecule has 0 spiro atoms. The molecule has 104 valence electrons. The van der Waals surface area contributed by atoms with Gasteiger partial charge in [-0.2, -0.15) is 4.76 Å². The molecule has 0 radical (unpaired) electrons.